The molecule has 74 valence electrons. The molecule has 2 heterocycles. The zero-order valence-electron chi connectivity index (χ0n) is 7.29. The summed E-state index contributed by atoms with van der Waals surface area (Å²) in [6, 6.07) is 1.75. The predicted octanol–water partition coefficient (Wildman–Crippen LogP) is 3.30. The molecule has 0 aromatic carbocycles. The van der Waals surface area contributed by atoms with Gasteiger partial charge in [0.05, 0.1) is 16.3 Å². The Morgan fingerprint density at radius 3 is 3.00 bits per heavy atom. The maximum Gasteiger partial charge on any atom is 0.172 e. The summed E-state index contributed by atoms with van der Waals surface area (Å²) in [7, 11) is 0. The van der Waals surface area contributed by atoms with Crippen molar-refractivity contribution in [1.29, 1.82) is 0 Å². The van der Waals surface area contributed by atoms with Gasteiger partial charge in [0, 0.05) is 5.39 Å². The topological polar surface area (TPSA) is 46.3 Å². The third-order valence-corrected chi connectivity index (χ3v) is 2.79. The molecule has 0 aliphatic rings. The molecule has 5 heteroatoms. The molecule has 0 aliphatic carbocycles. The highest BCUT2D eigenvalue weighted by atomic mass is 79.9. The first-order valence-electron chi connectivity index (χ1n) is 4.01. The first-order valence-corrected chi connectivity index (χ1v) is 5.18. The van der Waals surface area contributed by atoms with Crippen molar-refractivity contribution in [1.82, 2.24) is 4.98 Å². The van der Waals surface area contributed by atoms with Crippen LogP contribution in [0.15, 0.2) is 21.2 Å². The minimum atomic E-state index is -0.640. The second-order valence-corrected chi connectivity index (χ2v) is 4.19. The number of aromatic nitrogens is 1. The molecule has 0 bridgehead atoms. The summed E-state index contributed by atoms with van der Waals surface area (Å²) in [6.45, 7) is 1.64. The van der Waals surface area contributed by atoms with E-state index in [-0.39, 0.29) is 5.15 Å². The zero-order valence-corrected chi connectivity index (χ0v) is 9.63. The average Bonchev–Trinajstić information content (AvgIpc) is 2.48. The molecule has 0 radical (unpaired) electrons. The minimum absolute atomic E-state index is 0.268. The lowest BCUT2D eigenvalue weighted by Gasteiger charge is -2.03. The maximum atomic E-state index is 9.37. The monoisotopic (exact) mass is 275 g/mol. The van der Waals surface area contributed by atoms with Crippen LogP contribution in [0, 0.1) is 0 Å². The summed E-state index contributed by atoms with van der Waals surface area (Å²) in [5, 5.41) is 10.5. The van der Waals surface area contributed by atoms with Crippen LogP contribution in [0.1, 0.15) is 18.7 Å². The predicted molar refractivity (Wildman–Crippen MR) is 57.4 cm³/mol. The number of fused-ring (bicyclic) bond motifs is 1. The number of aliphatic hydroxyl groups is 1. The Bertz CT molecular complexity index is 481. The molecule has 0 saturated heterocycles. The van der Waals surface area contributed by atoms with E-state index in [0.717, 1.165) is 9.86 Å². The summed E-state index contributed by atoms with van der Waals surface area (Å²) < 4.78 is 6.00. The summed E-state index contributed by atoms with van der Waals surface area (Å²) >= 11 is 9.21. The Kier molecular flexibility index (Phi) is 2.51. The van der Waals surface area contributed by atoms with Crippen LogP contribution in [0.3, 0.4) is 0 Å². The van der Waals surface area contributed by atoms with Gasteiger partial charge in [0.25, 0.3) is 0 Å². The minimum Gasteiger partial charge on any atom is -0.460 e. The van der Waals surface area contributed by atoms with Gasteiger partial charge in [-0.15, -0.1) is 0 Å². The third kappa shape index (κ3) is 1.54. The number of hydrogen-bond donors (Lipinski definition) is 1. The van der Waals surface area contributed by atoms with Gasteiger partial charge in [-0.1, -0.05) is 11.6 Å². The molecule has 0 amide bonds. The maximum absolute atomic E-state index is 9.37. The van der Waals surface area contributed by atoms with Crippen LogP contribution in [-0.4, -0.2) is 10.1 Å². The molecule has 0 aliphatic heterocycles. The summed E-state index contributed by atoms with van der Waals surface area (Å²) in [5.74, 6) is 0. The van der Waals surface area contributed by atoms with E-state index < -0.39 is 6.10 Å². The molecule has 1 atom stereocenters. The SMILES string of the molecule is CC(O)c1cc2c(Br)coc2c(Cl)n1. The summed E-state index contributed by atoms with van der Waals surface area (Å²) in [5.41, 5.74) is 1.06. The van der Waals surface area contributed by atoms with E-state index in [1.165, 1.54) is 0 Å². The second kappa shape index (κ2) is 3.53. The fourth-order valence-corrected chi connectivity index (χ4v) is 1.83. The lowest BCUT2D eigenvalue weighted by molar-refractivity contribution is 0.194. The van der Waals surface area contributed by atoms with Crippen molar-refractivity contribution in [3.05, 3.63) is 27.6 Å². The molecule has 3 nitrogen and oxygen atoms in total. The van der Waals surface area contributed by atoms with Crippen LogP contribution >= 0.6 is 27.5 Å². The standard InChI is InChI=1S/C9H7BrClNO2/c1-4(13)7-2-5-6(10)3-14-8(5)9(11)12-7/h2-4,13H,1H3. The van der Waals surface area contributed by atoms with Crippen LogP contribution in [0.2, 0.25) is 5.15 Å². The van der Waals surface area contributed by atoms with Crippen molar-refractivity contribution in [2.24, 2.45) is 0 Å². The highest BCUT2D eigenvalue weighted by molar-refractivity contribution is 9.10. The molecule has 2 aromatic rings. The van der Waals surface area contributed by atoms with Gasteiger partial charge in [-0.05, 0) is 28.9 Å². The van der Waals surface area contributed by atoms with Crippen molar-refractivity contribution >= 4 is 38.5 Å². The first kappa shape index (κ1) is 9.96. The molecule has 0 saturated carbocycles. The van der Waals surface area contributed by atoms with Crippen LogP contribution in [0.25, 0.3) is 11.0 Å². The zero-order chi connectivity index (χ0) is 10.3. The van der Waals surface area contributed by atoms with Gasteiger partial charge in [-0.25, -0.2) is 4.98 Å². The number of aliphatic hydroxyl groups excluding tert-OH is 1. The highest BCUT2D eigenvalue weighted by Crippen LogP contribution is 2.31. The Morgan fingerprint density at radius 2 is 2.36 bits per heavy atom. The van der Waals surface area contributed by atoms with Gasteiger partial charge in [-0.3, -0.25) is 0 Å². The van der Waals surface area contributed by atoms with Gasteiger partial charge >= 0.3 is 0 Å². The summed E-state index contributed by atoms with van der Waals surface area (Å²) in [6.07, 6.45) is 0.906. The lowest BCUT2D eigenvalue weighted by Crippen LogP contribution is -1.95. The van der Waals surface area contributed by atoms with Crippen molar-refractivity contribution in [2.45, 2.75) is 13.0 Å². The molecule has 0 spiro atoms. The normalized spacial score (nSPS) is 13.4. The quantitative estimate of drug-likeness (QED) is 0.813. The number of pyridine rings is 1. The highest BCUT2D eigenvalue weighted by Gasteiger charge is 2.12. The van der Waals surface area contributed by atoms with E-state index >= 15 is 0 Å². The van der Waals surface area contributed by atoms with E-state index in [1.807, 2.05) is 0 Å². The Hall–Kier alpha value is -0.580. The van der Waals surface area contributed by atoms with Crippen molar-refractivity contribution < 1.29 is 9.52 Å². The molecule has 2 rings (SSSR count). The molecular formula is C9H7BrClNO2. The Labute approximate surface area is 93.8 Å². The molecule has 14 heavy (non-hydrogen) atoms. The fraction of sp³-hybridized carbons (Fsp3) is 0.222. The third-order valence-electron chi connectivity index (χ3n) is 1.92. The van der Waals surface area contributed by atoms with E-state index in [9.17, 15) is 5.11 Å². The van der Waals surface area contributed by atoms with Crippen LogP contribution in [0.5, 0.6) is 0 Å². The van der Waals surface area contributed by atoms with Crippen molar-refractivity contribution in [3.8, 4) is 0 Å². The number of halogens is 2. The largest absolute Gasteiger partial charge is 0.460 e. The van der Waals surface area contributed by atoms with Gasteiger partial charge in [0.15, 0.2) is 10.7 Å². The molecule has 2 aromatic heterocycles. The van der Waals surface area contributed by atoms with Gasteiger partial charge in [0.1, 0.15) is 6.26 Å². The van der Waals surface area contributed by atoms with Crippen LogP contribution in [-0.2, 0) is 0 Å². The molecule has 0 fully saturated rings. The van der Waals surface area contributed by atoms with E-state index in [4.69, 9.17) is 16.0 Å². The van der Waals surface area contributed by atoms with Gasteiger partial charge in [0.2, 0.25) is 0 Å². The molecule has 1 N–H and O–H groups in total. The number of nitrogens with zero attached hydrogens (tertiary/aromatic N) is 1. The summed E-state index contributed by atoms with van der Waals surface area (Å²) in [4.78, 5) is 4.02. The number of furan rings is 1. The van der Waals surface area contributed by atoms with E-state index in [0.29, 0.717) is 11.3 Å². The first-order chi connectivity index (χ1) is 6.59. The van der Waals surface area contributed by atoms with Crippen molar-refractivity contribution in [3.63, 3.8) is 0 Å². The van der Waals surface area contributed by atoms with Crippen LogP contribution < -0.4 is 0 Å². The smallest absolute Gasteiger partial charge is 0.172 e. The van der Waals surface area contributed by atoms with Crippen LogP contribution in [0.4, 0.5) is 0 Å². The second-order valence-electron chi connectivity index (χ2n) is 2.97. The fourth-order valence-electron chi connectivity index (χ4n) is 1.20. The van der Waals surface area contributed by atoms with E-state index in [1.54, 1.807) is 19.3 Å². The van der Waals surface area contributed by atoms with Crippen molar-refractivity contribution in [2.75, 3.05) is 0 Å². The number of hydrogen-bond acceptors (Lipinski definition) is 3. The van der Waals surface area contributed by atoms with E-state index in [2.05, 4.69) is 20.9 Å². The lowest BCUT2D eigenvalue weighted by atomic mass is 10.2. The molecular weight excluding hydrogens is 269 g/mol. The average molecular weight is 277 g/mol. The Morgan fingerprint density at radius 1 is 1.64 bits per heavy atom. The van der Waals surface area contributed by atoms with Gasteiger partial charge < -0.3 is 9.52 Å². The van der Waals surface area contributed by atoms with Gasteiger partial charge in [-0.2, -0.15) is 0 Å². The Balaban J connectivity index is 2.75. The number of rotatable bonds is 1. The molecule has 1 unspecified atom stereocenters.